The largest absolute Gasteiger partial charge is 0.493 e. The molecule has 0 radical (unpaired) electrons. The molecule has 0 bridgehead atoms. The molecule has 1 amide bonds. The van der Waals surface area contributed by atoms with Crippen molar-refractivity contribution in [3.05, 3.63) is 51.8 Å². The van der Waals surface area contributed by atoms with Gasteiger partial charge in [0.05, 0.1) is 28.0 Å². The molecule has 0 unspecified atom stereocenters. The molecular formula is C18H18Cl2N2O2. The lowest BCUT2D eigenvalue weighted by atomic mass is 10.1. The molecule has 0 atom stereocenters. The van der Waals surface area contributed by atoms with Crippen LogP contribution < -0.4 is 9.64 Å². The minimum atomic E-state index is -0.207. The zero-order valence-electron chi connectivity index (χ0n) is 13.6. The Balaban J connectivity index is 1.83. The van der Waals surface area contributed by atoms with Crippen LogP contribution in [0.2, 0.25) is 10.0 Å². The van der Waals surface area contributed by atoms with E-state index in [2.05, 4.69) is 4.98 Å². The van der Waals surface area contributed by atoms with Crippen LogP contribution in [-0.4, -0.2) is 24.5 Å². The molecule has 0 N–H and O–H groups in total. The van der Waals surface area contributed by atoms with Gasteiger partial charge in [0.25, 0.3) is 5.91 Å². The van der Waals surface area contributed by atoms with Crippen LogP contribution in [0.5, 0.6) is 5.75 Å². The third-order valence-electron chi connectivity index (χ3n) is 4.03. The molecule has 0 spiro atoms. The van der Waals surface area contributed by atoms with E-state index < -0.39 is 0 Å². The van der Waals surface area contributed by atoms with Crippen LogP contribution in [0.1, 0.15) is 28.9 Å². The average Bonchev–Trinajstić information content (AvgIpc) is 3.40. The fourth-order valence-electron chi connectivity index (χ4n) is 2.37. The van der Waals surface area contributed by atoms with Gasteiger partial charge < -0.3 is 9.64 Å². The molecule has 6 heteroatoms. The second-order valence-electron chi connectivity index (χ2n) is 6.00. The fraction of sp³-hybridized carbons (Fsp3) is 0.333. The predicted molar refractivity (Wildman–Crippen MR) is 96.4 cm³/mol. The molecule has 1 aliphatic carbocycles. The summed E-state index contributed by atoms with van der Waals surface area (Å²) in [5.41, 5.74) is 1.60. The number of carbonyl (C=O) groups excluding carboxylic acids is 1. The first kappa shape index (κ1) is 17.1. The number of carbonyl (C=O) groups is 1. The molecule has 1 fully saturated rings. The molecule has 0 aliphatic heterocycles. The fourth-order valence-corrected chi connectivity index (χ4v) is 2.96. The number of aryl methyl sites for hydroxylation is 1. The SMILES string of the molecule is Cc1ncc(Cl)c(N(C)C(=O)c2cccc(OCC3CC3)c2)c1Cl. The van der Waals surface area contributed by atoms with Crippen molar-refractivity contribution in [2.24, 2.45) is 5.92 Å². The van der Waals surface area contributed by atoms with Gasteiger partial charge in [-0.25, -0.2) is 0 Å². The van der Waals surface area contributed by atoms with E-state index in [0.29, 0.717) is 45.3 Å². The summed E-state index contributed by atoms with van der Waals surface area (Å²) < 4.78 is 5.74. The molecule has 1 aromatic heterocycles. The van der Waals surface area contributed by atoms with E-state index in [9.17, 15) is 4.79 Å². The summed E-state index contributed by atoms with van der Waals surface area (Å²) in [6.45, 7) is 2.47. The summed E-state index contributed by atoms with van der Waals surface area (Å²) in [6, 6.07) is 7.16. The van der Waals surface area contributed by atoms with Gasteiger partial charge in [0.1, 0.15) is 5.75 Å². The zero-order chi connectivity index (χ0) is 17.3. The van der Waals surface area contributed by atoms with Crippen molar-refractivity contribution < 1.29 is 9.53 Å². The van der Waals surface area contributed by atoms with Crippen LogP contribution in [0.25, 0.3) is 0 Å². The minimum absolute atomic E-state index is 0.207. The lowest BCUT2D eigenvalue weighted by molar-refractivity contribution is 0.0992. The van der Waals surface area contributed by atoms with Gasteiger partial charge in [0, 0.05) is 18.8 Å². The Bertz CT molecular complexity index is 776. The van der Waals surface area contributed by atoms with Gasteiger partial charge in [0.15, 0.2) is 0 Å². The highest BCUT2D eigenvalue weighted by Gasteiger charge is 2.23. The van der Waals surface area contributed by atoms with Crippen molar-refractivity contribution in [3.8, 4) is 5.75 Å². The number of ether oxygens (including phenoxy) is 1. The summed E-state index contributed by atoms with van der Waals surface area (Å²) in [7, 11) is 1.65. The number of pyridine rings is 1. The van der Waals surface area contributed by atoms with E-state index in [4.69, 9.17) is 27.9 Å². The number of halogens is 2. The maximum Gasteiger partial charge on any atom is 0.258 e. The third kappa shape index (κ3) is 3.65. The van der Waals surface area contributed by atoms with Crippen molar-refractivity contribution in [3.63, 3.8) is 0 Å². The van der Waals surface area contributed by atoms with Crippen molar-refractivity contribution in [1.82, 2.24) is 4.98 Å². The Morgan fingerprint density at radius 3 is 2.83 bits per heavy atom. The van der Waals surface area contributed by atoms with Crippen molar-refractivity contribution >= 4 is 34.8 Å². The number of hydrogen-bond acceptors (Lipinski definition) is 3. The Hall–Kier alpha value is -1.78. The Kier molecular flexibility index (Phi) is 4.97. The molecule has 24 heavy (non-hydrogen) atoms. The smallest absolute Gasteiger partial charge is 0.258 e. The van der Waals surface area contributed by atoms with Crippen LogP contribution in [0.3, 0.4) is 0 Å². The quantitative estimate of drug-likeness (QED) is 0.767. The van der Waals surface area contributed by atoms with Gasteiger partial charge in [0.2, 0.25) is 0 Å². The zero-order valence-corrected chi connectivity index (χ0v) is 15.1. The summed E-state index contributed by atoms with van der Waals surface area (Å²) in [4.78, 5) is 18.3. The standard InChI is InChI=1S/C18H18Cl2N2O2/c1-11-16(20)17(15(19)9-21-11)22(2)18(23)13-4-3-5-14(8-13)24-10-12-6-7-12/h3-5,8-9,12H,6-7,10H2,1-2H3. The third-order valence-corrected chi connectivity index (χ3v) is 4.76. The molecule has 126 valence electrons. The molecule has 1 heterocycles. The summed E-state index contributed by atoms with van der Waals surface area (Å²) in [6.07, 6.45) is 3.94. The number of hydrogen-bond donors (Lipinski definition) is 0. The molecule has 3 rings (SSSR count). The lowest BCUT2D eigenvalue weighted by Gasteiger charge is -2.21. The summed E-state index contributed by atoms with van der Waals surface area (Å²) in [5, 5.41) is 0.710. The number of rotatable bonds is 5. The Morgan fingerprint density at radius 1 is 1.38 bits per heavy atom. The van der Waals surface area contributed by atoms with Crippen LogP contribution in [0.15, 0.2) is 30.5 Å². The van der Waals surface area contributed by atoms with Gasteiger partial charge in [-0.3, -0.25) is 9.78 Å². The van der Waals surface area contributed by atoms with Crippen molar-refractivity contribution in [2.45, 2.75) is 19.8 Å². The highest BCUT2D eigenvalue weighted by Crippen LogP contribution is 2.35. The maximum absolute atomic E-state index is 12.8. The number of anilines is 1. The van der Waals surface area contributed by atoms with Crippen LogP contribution in [0, 0.1) is 12.8 Å². The monoisotopic (exact) mass is 364 g/mol. The number of aromatic nitrogens is 1. The molecule has 0 saturated heterocycles. The molecule has 4 nitrogen and oxygen atoms in total. The number of nitrogens with zero attached hydrogens (tertiary/aromatic N) is 2. The van der Waals surface area contributed by atoms with E-state index in [1.807, 2.05) is 12.1 Å². The normalized spacial score (nSPS) is 13.7. The summed E-state index contributed by atoms with van der Waals surface area (Å²) in [5.74, 6) is 1.15. The first-order valence-corrected chi connectivity index (χ1v) is 8.54. The maximum atomic E-state index is 12.8. The van der Waals surface area contributed by atoms with Gasteiger partial charge in [-0.15, -0.1) is 0 Å². The van der Waals surface area contributed by atoms with Gasteiger partial charge in [-0.05, 0) is 43.9 Å². The molecular weight excluding hydrogens is 347 g/mol. The number of benzene rings is 1. The molecule has 1 aromatic carbocycles. The average molecular weight is 365 g/mol. The number of amides is 1. The predicted octanol–water partition coefficient (Wildman–Crippen LogP) is 4.76. The van der Waals surface area contributed by atoms with E-state index in [0.717, 1.165) is 0 Å². The van der Waals surface area contributed by atoms with Crippen LogP contribution in [0.4, 0.5) is 5.69 Å². The first-order chi connectivity index (χ1) is 11.5. The van der Waals surface area contributed by atoms with E-state index in [1.54, 1.807) is 26.1 Å². The lowest BCUT2D eigenvalue weighted by Crippen LogP contribution is -2.27. The van der Waals surface area contributed by atoms with E-state index in [-0.39, 0.29) is 5.91 Å². The van der Waals surface area contributed by atoms with Crippen molar-refractivity contribution in [1.29, 1.82) is 0 Å². The van der Waals surface area contributed by atoms with Crippen molar-refractivity contribution in [2.75, 3.05) is 18.6 Å². The second-order valence-corrected chi connectivity index (χ2v) is 6.79. The summed E-state index contributed by atoms with van der Waals surface area (Å²) >= 11 is 12.5. The van der Waals surface area contributed by atoms with E-state index in [1.165, 1.54) is 23.9 Å². The van der Waals surface area contributed by atoms with Gasteiger partial charge in [-0.2, -0.15) is 0 Å². The van der Waals surface area contributed by atoms with Gasteiger partial charge in [-0.1, -0.05) is 29.3 Å². The van der Waals surface area contributed by atoms with Crippen LogP contribution in [-0.2, 0) is 0 Å². The molecule has 1 aliphatic rings. The first-order valence-electron chi connectivity index (χ1n) is 7.79. The highest BCUT2D eigenvalue weighted by atomic mass is 35.5. The highest BCUT2D eigenvalue weighted by molar-refractivity contribution is 6.40. The van der Waals surface area contributed by atoms with Gasteiger partial charge >= 0.3 is 0 Å². The Labute approximate surface area is 151 Å². The molecule has 1 saturated carbocycles. The topological polar surface area (TPSA) is 42.4 Å². The Morgan fingerprint density at radius 2 is 2.12 bits per heavy atom. The van der Waals surface area contributed by atoms with E-state index >= 15 is 0 Å². The molecule has 2 aromatic rings. The second kappa shape index (κ2) is 6.99. The minimum Gasteiger partial charge on any atom is -0.493 e. The van der Waals surface area contributed by atoms with Crippen LogP contribution >= 0.6 is 23.2 Å².